The Morgan fingerprint density at radius 1 is 0.443 bits per heavy atom. The second kappa shape index (κ2) is 52.8. The third-order valence-corrected chi connectivity index (χ3v) is 17.4. The van der Waals surface area contributed by atoms with E-state index in [4.69, 9.17) is 33.8 Å². The standard InChI is InChI=1S/C67H112N22O25S/c1-30(2)22-41(60(107)87-45(28-92)63(110)89-52(32(5)6)64(111)82-36(10-9-20-74-67(71)72)57(104)85-42(66(113)114)23-34-24-73-29-76-34)84-62(109)44(27-91)86-53(100)33(7)77-56(103)39(14-18-50(98)99)83-65(112)51(31(3)4)88-59(106)40(19-21-115-8)81-58(105)38(13-16-47(70)94)80-61(108)43(26-90)78-48(95)25-75-55(102)37(12-15-46(69)93)79-54(101)35(68)11-17-49(96)97/h24,29-33,35-45,51-52,90-92H,9-23,25-28,68H2,1-8H3,(H2,69,93)(H2,70,94)(H,73,76)(H,75,102)(H,77,103)(H,78,95)(H,79,101)(H,80,108)(H,81,105)(H,82,111)(H,83,112)(H,84,109)(H,85,104)(H,86,100)(H,87,107)(H,88,106)(H,89,110)(H,96,97)(H,98,99)(H,113,114)(H4,71,72,74)/t33-,35-,36-,37-,38-,39-,40-,41-,42-,43-,44-,45-,51-,52-/m0/s1. The summed E-state index contributed by atoms with van der Waals surface area (Å²) < 4.78 is 0. The van der Waals surface area contributed by atoms with Crippen LogP contribution < -0.4 is 103 Å². The molecule has 1 rings (SSSR count). The summed E-state index contributed by atoms with van der Waals surface area (Å²) in [6.45, 7) is 6.01. The van der Waals surface area contributed by atoms with E-state index in [0.29, 0.717) is 5.69 Å². The maximum absolute atomic E-state index is 14.2. The first-order valence-corrected chi connectivity index (χ1v) is 37.8. The lowest BCUT2D eigenvalue weighted by Crippen LogP contribution is -2.62. The minimum Gasteiger partial charge on any atom is -0.481 e. The summed E-state index contributed by atoms with van der Waals surface area (Å²) in [5.41, 5.74) is 27.5. The lowest BCUT2D eigenvalue weighted by atomic mass is 10.0. The molecular weight excluding hydrogens is 1540 g/mol. The van der Waals surface area contributed by atoms with Gasteiger partial charge in [0, 0.05) is 50.5 Å². The Labute approximate surface area is 664 Å². The van der Waals surface area contributed by atoms with Gasteiger partial charge in [-0.05, 0) is 88.1 Å². The molecule has 646 valence electrons. The normalized spacial score (nSPS) is 14.7. The third-order valence-electron chi connectivity index (χ3n) is 16.8. The fourth-order valence-corrected chi connectivity index (χ4v) is 10.9. The van der Waals surface area contributed by atoms with E-state index in [-0.39, 0.29) is 56.8 Å². The van der Waals surface area contributed by atoms with E-state index in [1.807, 2.05) is 0 Å². The molecule has 0 aliphatic rings. The minimum absolute atomic E-state index is 0.00501. The van der Waals surface area contributed by atoms with Crippen LogP contribution in [0.15, 0.2) is 17.5 Å². The molecular formula is C67H112N22O25S. The maximum Gasteiger partial charge on any atom is 0.326 e. The number of thioether (sulfide) groups is 1. The maximum atomic E-state index is 14.2. The van der Waals surface area contributed by atoms with Crippen molar-refractivity contribution in [2.24, 2.45) is 51.4 Å². The molecule has 115 heavy (non-hydrogen) atoms. The van der Waals surface area contributed by atoms with Gasteiger partial charge in [0.25, 0.3) is 0 Å². The van der Waals surface area contributed by atoms with Crippen LogP contribution in [-0.4, -0.2) is 288 Å². The first kappa shape index (κ1) is 102. The number of aliphatic imine (C=N–C) groups is 1. The number of rotatable bonds is 57. The molecule has 0 unspecified atom stereocenters. The average molecular weight is 1660 g/mol. The highest BCUT2D eigenvalue weighted by Gasteiger charge is 2.39. The van der Waals surface area contributed by atoms with Gasteiger partial charge in [0.2, 0.25) is 94.5 Å². The SMILES string of the molecule is CSCC[C@H](NC(=O)[C@H](CCC(N)=O)NC(=O)[C@H](CO)NC(=O)CNC(=O)[C@H](CCC(N)=O)NC(=O)[C@@H](N)CCC(=O)O)C(=O)N[C@H](C(=O)N[C@@H](CCC(=O)O)C(=O)N[C@@H](C)C(=O)N[C@@H](CO)C(=O)N[C@@H](CC(C)C)C(=O)N[C@@H](CO)C(=O)N[C@H](C(=O)N[C@@H](CCCN=C(N)N)C(=O)N[C@@H](Cc1cnc[nH]1)C(=O)O)C(C)C)C(C)C. The summed E-state index contributed by atoms with van der Waals surface area (Å²) in [6, 6.07) is -22.8. The number of carboxylic acids is 3. The summed E-state index contributed by atoms with van der Waals surface area (Å²) in [4.78, 5) is 261. The smallest absolute Gasteiger partial charge is 0.326 e. The molecule has 16 amide bonds. The number of hydrogen-bond donors (Lipinski definition) is 26. The minimum atomic E-state index is -1.88. The highest BCUT2D eigenvalue weighted by Crippen LogP contribution is 2.14. The summed E-state index contributed by atoms with van der Waals surface area (Å²) in [6.07, 6.45) is -0.495. The number of aliphatic carboxylic acids is 3. The van der Waals surface area contributed by atoms with Crippen molar-refractivity contribution in [3.63, 3.8) is 0 Å². The van der Waals surface area contributed by atoms with Gasteiger partial charge in [0.15, 0.2) is 5.96 Å². The van der Waals surface area contributed by atoms with Crippen molar-refractivity contribution < 1.29 is 122 Å². The van der Waals surface area contributed by atoms with E-state index >= 15 is 0 Å². The molecule has 0 aliphatic heterocycles. The Bertz CT molecular complexity index is 3530. The molecule has 0 saturated carbocycles. The van der Waals surface area contributed by atoms with Crippen molar-refractivity contribution >= 4 is 130 Å². The number of hydrogen-bond acceptors (Lipinski definition) is 26. The lowest BCUT2D eigenvalue weighted by Gasteiger charge is -2.29. The number of aliphatic hydroxyl groups excluding tert-OH is 3. The largest absolute Gasteiger partial charge is 0.481 e. The van der Waals surface area contributed by atoms with E-state index < -0.39 is 286 Å². The van der Waals surface area contributed by atoms with Gasteiger partial charge in [-0.25, -0.2) is 9.78 Å². The zero-order chi connectivity index (χ0) is 87.5. The van der Waals surface area contributed by atoms with Gasteiger partial charge in [-0.1, -0.05) is 41.5 Å². The van der Waals surface area contributed by atoms with E-state index in [1.54, 1.807) is 20.1 Å². The number of aliphatic hydroxyl groups is 3. The third kappa shape index (κ3) is 39.8. The van der Waals surface area contributed by atoms with Gasteiger partial charge < -0.3 is 139 Å². The van der Waals surface area contributed by atoms with Gasteiger partial charge in [-0.3, -0.25) is 91.3 Å². The van der Waals surface area contributed by atoms with Crippen LogP contribution in [0, 0.1) is 17.8 Å². The molecule has 1 aromatic rings. The Balaban J connectivity index is 3.35. The quantitative estimate of drug-likeness (QED) is 0.0164. The molecule has 0 aliphatic carbocycles. The van der Waals surface area contributed by atoms with Crippen LogP contribution in [0.25, 0.3) is 0 Å². The fourth-order valence-electron chi connectivity index (χ4n) is 10.4. The zero-order valence-electron chi connectivity index (χ0n) is 65.0. The Morgan fingerprint density at radius 2 is 0.826 bits per heavy atom. The summed E-state index contributed by atoms with van der Waals surface area (Å²) in [5, 5.41) is 91.9. The van der Waals surface area contributed by atoms with Crippen molar-refractivity contribution in [2.45, 2.75) is 217 Å². The molecule has 47 nitrogen and oxygen atoms in total. The molecule has 1 heterocycles. The van der Waals surface area contributed by atoms with Crippen LogP contribution in [0.4, 0.5) is 0 Å². The first-order chi connectivity index (χ1) is 53.9. The molecule has 48 heteroatoms. The molecule has 0 spiro atoms. The van der Waals surface area contributed by atoms with Crippen LogP contribution in [0.5, 0.6) is 0 Å². The van der Waals surface area contributed by atoms with Crippen molar-refractivity contribution in [3.8, 4) is 0 Å². The molecule has 1 aromatic heterocycles. The molecule has 0 saturated heterocycles. The highest BCUT2D eigenvalue weighted by atomic mass is 32.2. The Kier molecular flexibility index (Phi) is 46.7. The Morgan fingerprint density at radius 3 is 1.27 bits per heavy atom. The first-order valence-electron chi connectivity index (χ1n) is 36.4. The monoisotopic (exact) mass is 1660 g/mol. The van der Waals surface area contributed by atoms with Crippen LogP contribution in [-0.2, 0) is 97.5 Å². The summed E-state index contributed by atoms with van der Waals surface area (Å²) in [5.74, 6) is -23.4. The van der Waals surface area contributed by atoms with Crippen molar-refractivity contribution in [1.82, 2.24) is 84.4 Å². The van der Waals surface area contributed by atoms with Crippen molar-refractivity contribution in [2.75, 3.05) is 44.9 Å². The second-order valence-electron chi connectivity index (χ2n) is 27.6. The highest BCUT2D eigenvalue weighted by molar-refractivity contribution is 7.98. The number of nitrogens with zero attached hydrogens (tertiary/aromatic N) is 2. The van der Waals surface area contributed by atoms with Crippen LogP contribution >= 0.6 is 11.8 Å². The molecule has 0 fully saturated rings. The number of nitrogens with one attached hydrogen (secondary N) is 15. The van der Waals surface area contributed by atoms with Gasteiger partial charge in [0.05, 0.1) is 38.7 Å². The lowest BCUT2D eigenvalue weighted by molar-refractivity contribution is -0.142. The van der Waals surface area contributed by atoms with Crippen molar-refractivity contribution in [3.05, 3.63) is 18.2 Å². The van der Waals surface area contributed by atoms with Gasteiger partial charge in [-0.2, -0.15) is 11.8 Å². The van der Waals surface area contributed by atoms with Crippen LogP contribution in [0.1, 0.15) is 131 Å². The van der Waals surface area contributed by atoms with E-state index in [1.165, 1.54) is 52.0 Å². The average Bonchev–Trinajstić information content (AvgIpc) is 1.27. The van der Waals surface area contributed by atoms with E-state index in [0.717, 1.165) is 6.92 Å². The molecule has 0 radical (unpaired) electrons. The topological polar surface area (TPSA) is 785 Å². The molecule has 0 bridgehead atoms. The molecule has 0 aromatic carbocycles. The number of aromatic amines is 1. The Hall–Kier alpha value is -11.4. The number of carboxylic acid groups (broad SMARTS) is 3. The number of H-pyrrole nitrogens is 1. The number of aromatic nitrogens is 2. The summed E-state index contributed by atoms with van der Waals surface area (Å²) in [7, 11) is 0. The predicted octanol–water partition coefficient (Wildman–Crippen LogP) is -10.8. The number of nitrogens with two attached hydrogens (primary N) is 5. The number of carbonyl (C=O) groups is 19. The van der Waals surface area contributed by atoms with Gasteiger partial charge in [0.1, 0.15) is 78.5 Å². The fraction of sp³-hybridized carbons (Fsp3) is 0.657. The van der Waals surface area contributed by atoms with E-state index in [2.05, 4.69) is 89.4 Å². The number of guanidine groups is 1. The number of imidazole rings is 1. The second-order valence-corrected chi connectivity index (χ2v) is 28.6. The summed E-state index contributed by atoms with van der Waals surface area (Å²) >= 11 is 1.20. The molecule has 31 N–H and O–H groups in total. The van der Waals surface area contributed by atoms with Gasteiger partial charge in [-0.15, -0.1) is 0 Å². The molecule has 14 atom stereocenters. The van der Waals surface area contributed by atoms with Crippen LogP contribution in [0.2, 0.25) is 0 Å². The number of amides is 16. The van der Waals surface area contributed by atoms with Crippen LogP contribution in [0.3, 0.4) is 0 Å². The predicted molar refractivity (Wildman–Crippen MR) is 406 cm³/mol. The zero-order valence-corrected chi connectivity index (χ0v) is 65.9. The number of carbonyl (C=O) groups excluding carboxylic acids is 16. The van der Waals surface area contributed by atoms with E-state index in [9.17, 15) is 117 Å². The number of primary amides is 2. The van der Waals surface area contributed by atoms with Crippen molar-refractivity contribution in [1.29, 1.82) is 0 Å². The van der Waals surface area contributed by atoms with Gasteiger partial charge >= 0.3 is 17.9 Å².